The van der Waals surface area contributed by atoms with Crippen molar-refractivity contribution in [1.82, 2.24) is 10.2 Å². The minimum atomic E-state index is 0.786. The van der Waals surface area contributed by atoms with Gasteiger partial charge in [-0.1, -0.05) is 18.6 Å². The van der Waals surface area contributed by atoms with E-state index < -0.39 is 0 Å². The van der Waals surface area contributed by atoms with Gasteiger partial charge in [-0.05, 0) is 31.6 Å². The normalized spacial score (nSPS) is 22.3. The fourth-order valence-corrected chi connectivity index (χ4v) is 2.68. The number of aliphatic imine (C=N–C) groups is 1. The number of rotatable bonds is 3. The van der Waals surface area contributed by atoms with Crippen LogP contribution in [0, 0.1) is 5.92 Å². The zero-order valence-electron chi connectivity index (χ0n) is 12.3. The fourth-order valence-electron chi connectivity index (χ4n) is 2.68. The summed E-state index contributed by atoms with van der Waals surface area (Å²) in [7, 11) is 1.88. The van der Waals surface area contributed by atoms with Gasteiger partial charge in [-0.15, -0.1) is 0 Å². The Morgan fingerprint density at radius 1 is 1.47 bits per heavy atom. The van der Waals surface area contributed by atoms with Crippen molar-refractivity contribution in [2.75, 3.05) is 39.9 Å². The Kier molecular flexibility index (Phi) is 5.70. The molecule has 2 aliphatic heterocycles. The molecule has 0 aromatic rings. The Bertz CT molecular complexity index is 330. The standard InChI is InChI=1S/C15H27N3O/c1-13-4-9-18(10-5-13)15(16-2)17-8-3-14-6-11-19-12-7-14/h6,13H,3-5,7-12H2,1-2H3,(H,16,17). The molecule has 0 unspecified atom stereocenters. The molecule has 0 spiro atoms. The molecule has 19 heavy (non-hydrogen) atoms. The fraction of sp³-hybridized carbons (Fsp3) is 0.800. The molecule has 0 amide bonds. The summed E-state index contributed by atoms with van der Waals surface area (Å²) in [5.74, 6) is 1.93. The predicted octanol–water partition coefficient (Wildman–Crippen LogP) is 2.03. The summed E-state index contributed by atoms with van der Waals surface area (Å²) in [6.07, 6.45) is 6.97. The molecule has 0 saturated carbocycles. The summed E-state index contributed by atoms with van der Waals surface area (Å²) in [6.45, 7) is 7.25. The summed E-state index contributed by atoms with van der Waals surface area (Å²) in [5.41, 5.74) is 1.52. The van der Waals surface area contributed by atoms with Gasteiger partial charge in [-0.3, -0.25) is 4.99 Å². The maximum Gasteiger partial charge on any atom is 0.193 e. The van der Waals surface area contributed by atoms with Gasteiger partial charge in [0.25, 0.3) is 0 Å². The maximum atomic E-state index is 5.32. The van der Waals surface area contributed by atoms with E-state index in [4.69, 9.17) is 4.74 Å². The Labute approximate surface area is 116 Å². The van der Waals surface area contributed by atoms with Gasteiger partial charge >= 0.3 is 0 Å². The number of hydrogen-bond donors (Lipinski definition) is 1. The second-order valence-corrected chi connectivity index (χ2v) is 5.58. The average Bonchev–Trinajstić information content (AvgIpc) is 2.46. The molecule has 2 rings (SSSR count). The molecule has 0 atom stereocenters. The van der Waals surface area contributed by atoms with Gasteiger partial charge in [-0.25, -0.2) is 0 Å². The molecule has 4 heteroatoms. The first-order valence-electron chi connectivity index (χ1n) is 7.51. The number of nitrogens with zero attached hydrogens (tertiary/aromatic N) is 2. The van der Waals surface area contributed by atoms with E-state index >= 15 is 0 Å². The number of hydrogen-bond acceptors (Lipinski definition) is 2. The quantitative estimate of drug-likeness (QED) is 0.482. The Morgan fingerprint density at radius 2 is 2.26 bits per heavy atom. The minimum Gasteiger partial charge on any atom is -0.377 e. The first kappa shape index (κ1) is 14.4. The predicted molar refractivity (Wildman–Crippen MR) is 79.5 cm³/mol. The third-order valence-electron chi connectivity index (χ3n) is 4.08. The number of piperidine rings is 1. The summed E-state index contributed by atoms with van der Waals surface area (Å²) in [4.78, 5) is 6.79. The van der Waals surface area contributed by atoms with Crippen LogP contribution < -0.4 is 5.32 Å². The van der Waals surface area contributed by atoms with Crippen LogP contribution in [0.15, 0.2) is 16.6 Å². The zero-order chi connectivity index (χ0) is 13.5. The molecule has 0 aromatic heterocycles. The Morgan fingerprint density at radius 3 is 2.89 bits per heavy atom. The van der Waals surface area contributed by atoms with Gasteiger partial charge in [-0.2, -0.15) is 0 Å². The lowest BCUT2D eigenvalue weighted by molar-refractivity contribution is 0.153. The van der Waals surface area contributed by atoms with Gasteiger partial charge in [0.1, 0.15) is 0 Å². The minimum absolute atomic E-state index is 0.786. The smallest absolute Gasteiger partial charge is 0.193 e. The van der Waals surface area contributed by atoms with Crippen LogP contribution in [-0.4, -0.2) is 50.8 Å². The Hall–Kier alpha value is -1.03. The molecule has 108 valence electrons. The summed E-state index contributed by atoms with van der Waals surface area (Å²) in [5, 5.41) is 3.50. The van der Waals surface area contributed by atoms with Gasteiger partial charge < -0.3 is 15.0 Å². The largest absolute Gasteiger partial charge is 0.377 e. The maximum absolute atomic E-state index is 5.32. The highest BCUT2D eigenvalue weighted by molar-refractivity contribution is 5.79. The highest BCUT2D eigenvalue weighted by atomic mass is 16.5. The molecule has 1 N–H and O–H groups in total. The molecule has 2 heterocycles. The topological polar surface area (TPSA) is 36.9 Å². The van der Waals surface area contributed by atoms with E-state index in [1.165, 1.54) is 18.4 Å². The molecule has 0 aliphatic carbocycles. The molecule has 0 aromatic carbocycles. The van der Waals surface area contributed by atoms with Gasteiger partial charge in [0.15, 0.2) is 5.96 Å². The van der Waals surface area contributed by atoms with Crippen LogP contribution in [0.5, 0.6) is 0 Å². The van der Waals surface area contributed by atoms with Crippen LogP contribution in [0.4, 0.5) is 0 Å². The first-order valence-corrected chi connectivity index (χ1v) is 7.51. The van der Waals surface area contributed by atoms with Crippen molar-refractivity contribution in [2.45, 2.75) is 32.6 Å². The molecular formula is C15H27N3O. The van der Waals surface area contributed by atoms with Gasteiger partial charge in [0.2, 0.25) is 0 Å². The lowest BCUT2D eigenvalue weighted by atomic mass is 9.99. The van der Waals surface area contributed by atoms with Crippen LogP contribution >= 0.6 is 0 Å². The highest BCUT2D eigenvalue weighted by Crippen LogP contribution is 2.16. The average molecular weight is 265 g/mol. The van der Waals surface area contributed by atoms with Crippen molar-refractivity contribution in [1.29, 1.82) is 0 Å². The number of nitrogens with one attached hydrogen (secondary N) is 1. The molecule has 1 saturated heterocycles. The van der Waals surface area contributed by atoms with Crippen molar-refractivity contribution in [2.24, 2.45) is 10.9 Å². The third-order valence-corrected chi connectivity index (χ3v) is 4.08. The SMILES string of the molecule is CN=C(NCCC1=CCOCC1)N1CCC(C)CC1. The number of ether oxygens (including phenoxy) is 1. The van der Waals surface area contributed by atoms with Crippen molar-refractivity contribution < 1.29 is 4.74 Å². The van der Waals surface area contributed by atoms with E-state index in [0.29, 0.717) is 0 Å². The van der Waals surface area contributed by atoms with Crippen molar-refractivity contribution in [3.63, 3.8) is 0 Å². The van der Waals surface area contributed by atoms with Crippen LogP contribution in [0.2, 0.25) is 0 Å². The molecule has 2 aliphatic rings. The Balaban J connectivity index is 1.72. The van der Waals surface area contributed by atoms with Crippen molar-refractivity contribution in [3.05, 3.63) is 11.6 Å². The van der Waals surface area contributed by atoms with Crippen LogP contribution in [-0.2, 0) is 4.74 Å². The van der Waals surface area contributed by atoms with E-state index in [0.717, 1.165) is 57.6 Å². The van der Waals surface area contributed by atoms with Gasteiger partial charge in [0.05, 0.1) is 13.2 Å². The second-order valence-electron chi connectivity index (χ2n) is 5.58. The number of guanidine groups is 1. The van der Waals surface area contributed by atoms with Crippen LogP contribution in [0.1, 0.15) is 32.6 Å². The molecule has 0 radical (unpaired) electrons. The van der Waals surface area contributed by atoms with Crippen LogP contribution in [0.3, 0.4) is 0 Å². The van der Waals surface area contributed by atoms with Gasteiger partial charge in [0, 0.05) is 26.7 Å². The van der Waals surface area contributed by atoms with E-state index in [2.05, 4.69) is 28.2 Å². The van der Waals surface area contributed by atoms with Crippen LogP contribution in [0.25, 0.3) is 0 Å². The monoisotopic (exact) mass is 265 g/mol. The number of likely N-dealkylation sites (tertiary alicyclic amines) is 1. The summed E-state index contributed by atoms with van der Waals surface area (Å²) >= 11 is 0. The first-order chi connectivity index (χ1) is 9.29. The lowest BCUT2D eigenvalue weighted by Crippen LogP contribution is -2.45. The molecule has 4 nitrogen and oxygen atoms in total. The zero-order valence-corrected chi connectivity index (χ0v) is 12.3. The van der Waals surface area contributed by atoms with Crippen molar-refractivity contribution >= 4 is 5.96 Å². The summed E-state index contributed by atoms with van der Waals surface area (Å²) in [6, 6.07) is 0. The lowest BCUT2D eigenvalue weighted by Gasteiger charge is -2.33. The van der Waals surface area contributed by atoms with E-state index in [9.17, 15) is 0 Å². The third kappa shape index (κ3) is 4.53. The molecule has 0 bridgehead atoms. The van der Waals surface area contributed by atoms with E-state index in [1.807, 2.05) is 7.05 Å². The van der Waals surface area contributed by atoms with Crippen molar-refractivity contribution in [3.8, 4) is 0 Å². The van der Waals surface area contributed by atoms with E-state index in [-0.39, 0.29) is 0 Å². The molecular weight excluding hydrogens is 238 g/mol. The summed E-state index contributed by atoms with van der Waals surface area (Å²) < 4.78 is 5.32. The highest BCUT2D eigenvalue weighted by Gasteiger charge is 2.18. The second kappa shape index (κ2) is 7.53. The molecule has 1 fully saturated rings. The van der Waals surface area contributed by atoms with E-state index in [1.54, 1.807) is 0 Å².